The lowest BCUT2D eigenvalue weighted by atomic mass is 9.89. The predicted molar refractivity (Wildman–Crippen MR) is 87.3 cm³/mol. The summed E-state index contributed by atoms with van der Waals surface area (Å²) in [6.45, 7) is 3.76. The van der Waals surface area contributed by atoms with Crippen LogP contribution in [0.25, 0.3) is 0 Å². The van der Waals surface area contributed by atoms with Crippen molar-refractivity contribution in [3.63, 3.8) is 0 Å². The topological polar surface area (TPSA) is 24.5 Å². The van der Waals surface area contributed by atoms with Crippen molar-refractivity contribution in [2.75, 3.05) is 26.2 Å². The number of rotatable bonds is 4. The first-order valence-electron chi connectivity index (χ1n) is 8.44. The summed E-state index contributed by atoms with van der Waals surface area (Å²) in [5.74, 6) is 0.201. The third kappa shape index (κ3) is 4.35. The van der Waals surface area contributed by atoms with Gasteiger partial charge in [0.05, 0.1) is 5.02 Å². The van der Waals surface area contributed by atoms with Gasteiger partial charge in [-0.05, 0) is 36.5 Å². The summed E-state index contributed by atoms with van der Waals surface area (Å²) in [5.41, 5.74) is 0.989. The molecule has 1 atom stereocenters. The summed E-state index contributed by atoms with van der Waals surface area (Å²) in [5, 5.41) is 3.36. The predicted octanol–water partition coefficient (Wildman–Crippen LogP) is 4.38. The molecule has 0 unspecified atom stereocenters. The Labute approximate surface area is 145 Å². The minimum atomic E-state index is -4.73. The van der Waals surface area contributed by atoms with E-state index >= 15 is 0 Å². The standard InChI is InChI=1S/C17H22ClF3N2O/c18-14-11-13(5-6-15(14)24-17(19,20)21)16(12-3-1-2-4-12)23-9-7-22-8-10-23/h5-6,11-12,16,22H,1-4,7-10H2/t16-/m1/s1. The van der Waals surface area contributed by atoms with Crippen LogP contribution in [-0.2, 0) is 0 Å². The molecule has 1 saturated heterocycles. The average Bonchev–Trinajstić information content (AvgIpc) is 3.04. The molecule has 3 nitrogen and oxygen atoms in total. The van der Waals surface area contributed by atoms with Crippen LogP contribution in [0.15, 0.2) is 18.2 Å². The maximum absolute atomic E-state index is 12.4. The molecule has 1 aromatic carbocycles. The second-order valence-corrected chi connectivity index (χ2v) is 6.92. The second kappa shape index (κ2) is 7.50. The molecule has 2 fully saturated rings. The summed E-state index contributed by atoms with van der Waals surface area (Å²) < 4.78 is 41.2. The van der Waals surface area contributed by atoms with Crippen molar-refractivity contribution in [2.45, 2.75) is 38.1 Å². The Balaban J connectivity index is 1.85. The summed E-state index contributed by atoms with van der Waals surface area (Å²) in [4.78, 5) is 2.43. The Morgan fingerprint density at radius 3 is 2.42 bits per heavy atom. The number of halogens is 4. The van der Waals surface area contributed by atoms with Gasteiger partial charge >= 0.3 is 6.36 Å². The molecule has 1 N–H and O–H groups in total. The van der Waals surface area contributed by atoms with Crippen molar-refractivity contribution in [3.8, 4) is 5.75 Å². The molecule has 0 amide bonds. The number of nitrogens with zero attached hydrogens (tertiary/aromatic N) is 1. The van der Waals surface area contributed by atoms with Crippen LogP contribution in [-0.4, -0.2) is 37.4 Å². The first kappa shape index (κ1) is 17.8. The van der Waals surface area contributed by atoms with Gasteiger partial charge in [-0.1, -0.05) is 30.5 Å². The molecule has 0 spiro atoms. The van der Waals surface area contributed by atoms with E-state index in [1.165, 1.54) is 18.9 Å². The molecule has 0 aromatic heterocycles. The quantitative estimate of drug-likeness (QED) is 0.860. The lowest BCUT2D eigenvalue weighted by Gasteiger charge is -2.38. The molecule has 0 bridgehead atoms. The highest BCUT2D eigenvalue weighted by atomic mass is 35.5. The smallest absolute Gasteiger partial charge is 0.404 e. The van der Waals surface area contributed by atoms with E-state index < -0.39 is 6.36 Å². The van der Waals surface area contributed by atoms with Crippen LogP contribution in [0.4, 0.5) is 13.2 Å². The summed E-state index contributed by atoms with van der Waals surface area (Å²) in [6, 6.07) is 4.94. The van der Waals surface area contributed by atoms with E-state index in [0.717, 1.165) is 44.6 Å². The van der Waals surface area contributed by atoms with Gasteiger partial charge < -0.3 is 10.1 Å². The van der Waals surface area contributed by atoms with Gasteiger partial charge in [0, 0.05) is 32.2 Å². The average molecular weight is 363 g/mol. The van der Waals surface area contributed by atoms with Crippen LogP contribution in [0.5, 0.6) is 5.75 Å². The van der Waals surface area contributed by atoms with Crippen molar-refractivity contribution in [1.29, 1.82) is 0 Å². The SMILES string of the molecule is FC(F)(F)Oc1ccc([C@@H](C2CCCC2)N2CCNCC2)cc1Cl. The Kier molecular flexibility index (Phi) is 5.57. The lowest BCUT2D eigenvalue weighted by molar-refractivity contribution is -0.274. The van der Waals surface area contributed by atoms with Crippen LogP contribution in [0.3, 0.4) is 0 Å². The van der Waals surface area contributed by atoms with Crippen molar-refractivity contribution < 1.29 is 17.9 Å². The fourth-order valence-electron chi connectivity index (χ4n) is 3.92. The number of benzene rings is 1. The molecule has 3 rings (SSSR count). The highest BCUT2D eigenvalue weighted by Crippen LogP contribution is 2.41. The van der Waals surface area contributed by atoms with Gasteiger partial charge in [-0.2, -0.15) is 0 Å². The van der Waals surface area contributed by atoms with Crippen LogP contribution in [0.2, 0.25) is 5.02 Å². The zero-order chi connectivity index (χ0) is 17.2. The van der Waals surface area contributed by atoms with Crippen molar-refractivity contribution >= 4 is 11.6 Å². The number of nitrogens with one attached hydrogen (secondary N) is 1. The largest absolute Gasteiger partial charge is 0.573 e. The molecular formula is C17H22ClF3N2O. The van der Waals surface area contributed by atoms with Crippen LogP contribution in [0, 0.1) is 5.92 Å². The molecule has 1 heterocycles. The van der Waals surface area contributed by atoms with Gasteiger partial charge in [0.25, 0.3) is 0 Å². The number of alkyl halides is 3. The van der Waals surface area contributed by atoms with E-state index in [4.69, 9.17) is 11.6 Å². The minimum absolute atomic E-state index is 0.0166. The number of hydrogen-bond donors (Lipinski definition) is 1. The van der Waals surface area contributed by atoms with Gasteiger partial charge in [0.1, 0.15) is 5.75 Å². The van der Waals surface area contributed by atoms with E-state index in [1.54, 1.807) is 12.1 Å². The second-order valence-electron chi connectivity index (χ2n) is 6.51. The van der Waals surface area contributed by atoms with E-state index in [2.05, 4.69) is 15.0 Å². The van der Waals surface area contributed by atoms with Crippen molar-refractivity contribution in [1.82, 2.24) is 10.2 Å². The molecule has 24 heavy (non-hydrogen) atoms. The number of piperazine rings is 1. The Hall–Kier alpha value is -0.980. The third-order valence-corrected chi connectivity index (χ3v) is 5.21. The van der Waals surface area contributed by atoms with Crippen LogP contribution in [0.1, 0.15) is 37.3 Å². The van der Waals surface area contributed by atoms with Crippen molar-refractivity contribution in [3.05, 3.63) is 28.8 Å². The molecule has 134 valence electrons. The van der Waals surface area contributed by atoms with Gasteiger partial charge in [-0.25, -0.2) is 0 Å². The number of ether oxygens (including phenoxy) is 1. The fourth-order valence-corrected chi connectivity index (χ4v) is 4.15. The van der Waals surface area contributed by atoms with Gasteiger partial charge in [-0.15, -0.1) is 13.2 Å². The molecule has 1 aliphatic carbocycles. The highest BCUT2D eigenvalue weighted by Gasteiger charge is 2.34. The van der Waals surface area contributed by atoms with E-state index in [0.29, 0.717) is 5.92 Å². The maximum Gasteiger partial charge on any atom is 0.573 e. The Bertz CT molecular complexity index is 555. The Morgan fingerprint density at radius 1 is 1.17 bits per heavy atom. The van der Waals surface area contributed by atoms with Crippen molar-refractivity contribution in [2.24, 2.45) is 5.92 Å². The van der Waals surface area contributed by atoms with E-state index in [1.807, 2.05) is 0 Å². The van der Waals surface area contributed by atoms with Gasteiger partial charge in [0.2, 0.25) is 0 Å². The molecule has 1 aliphatic heterocycles. The minimum Gasteiger partial charge on any atom is -0.404 e. The highest BCUT2D eigenvalue weighted by molar-refractivity contribution is 6.32. The van der Waals surface area contributed by atoms with Gasteiger partial charge in [-0.3, -0.25) is 4.90 Å². The maximum atomic E-state index is 12.4. The fraction of sp³-hybridized carbons (Fsp3) is 0.647. The summed E-state index contributed by atoms with van der Waals surface area (Å²) in [6.07, 6.45) is 0.0289. The Morgan fingerprint density at radius 2 is 1.83 bits per heavy atom. The summed E-state index contributed by atoms with van der Waals surface area (Å²) >= 11 is 6.07. The van der Waals surface area contributed by atoms with Gasteiger partial charge in [0.15, 0.2) is 0 Å². The molecular weight excluding hydrogens is 341 g/mol. The van der Waals surface area contributed by atoms with E-state index in [-0.39, 0.29) is 16.8 Å². The summed E-state index contributed by atoms with van der Waals surface area (Å²) in [7, 11) is 0. The first-order valence-corrected chi connectivity index (χ1v) is 8.82. The molecule has 1 saturated carbocycles. The van der Waals surface area contributed by atoms with Crippen LogP contribution >= 0.6 is 11.6 Å². The lowest BCUT2D eigenvalue weighted by Crippen LogP contribution is -2.46. The number of hydrogen-bond acceptors (Lipinski definition) is 3. The monoisotopic (exact) mass is 362 g/mol. The zero-order valence-corrected chi connectivity index (χ0v) is 14.2. The first-order chi connectivity index (χ1) is 11.4. The molecule has 2 aliphatic rings. The molecule has 0 radical (unpaired) electrons. The molecule has 1 aromatic rings. The van der Waals surface area contributed by atoms with Crippen LogP contribution < -0.4 is 10.1 Å². The molecule has 7 heteroatoms. The van der Waals surface area contributed by atoms with E-state index in [9.17, 15) is 13.2 Å². The normalized spacial score (nSPS) is 21.8. The third-order valence-electron chi connectivity index (χ3n) is 4.91. The zero-order valence-electron chi connectivity index (χ0n) is 13.4.